The Morgan fingerprint density at radius 1 is 1.31 bits per heavy atom. The van der Waals surface area contributed by atoms with Gasteiger partial charge in [0.25, 0.3) is 5.91 Å². The molecule has 1 fully saturated rings. The van der Waals surface area contributed by atoms with Gasteiger partial charge in [0.05, 0.1) is 21.6 Å². The van der Waals surface area contributed by atoms with Crippen LogP contribution in [-0.2, 0) is 20.7 Å². The zero-order chi connectivity index (χ0) is 18.5. The fourth-order valence-corrected chi connectivity index (χ4v) is 4.34. The number of fused-ring (bicyclic) bond motifs is 1. The predicted molar refractivity (Wildman–Crippen MR) is 103 cm³/mol. The zero-order valence-corrected chi connectivity index (χ0v) is 16.2. The third kappa shape index (κ3) is 4.81. The van der Waals surface area contributed by atoms with Crippen LogP contribution >= 0.6 is 11.3 Å². The highest BCUT2D eigenvalue weighted by molar-refractivity contribution is 7.18. The minimum Gasteiger partial charge on any atom is -0.453 e. The fraction of sp³-hybridized carbons (Fsp3) is 0.550. The van der Waals surface area contributed by atoms with Gasteiger partial charge in [-0.15, -0.1) is 11.3 Å². The predicted octanol–water partition coefficient (Wildman–Crippen LogP) is 3.86. The molecule has 26 heavy (non-hydrogen) atoms. The van der Waals surface area contributed by atoms with Crippen LogP contribution in [0.5, 0.6) is 0 Å². The maximum atomic E-state index is 12.3. The van der Waals surface area contributed by atoms with Crippen LogP contribution in [-0.4, -0.2) is 29.0 Å². The van der Waals surface area contributed by atoms with E-state index in [1.807, 2.05) is 24.3 Å². The summed E-state index contributed by atoms with van der Waals surface area (Å²) in [6.45, 7) is 3.80. The summed E-state index contributed by atoms with van der Waals surface area (Å²) in [5.74, 6) is -0.0738. The number of hydrogen-bond acceptors (Lipinski definition) is 5. The van der Waals surface area contributed by atoms with Gasteiger partial charge in [0, 0.05) is 12.5 Å². The van der Waals surface area contributed by atoms with Crippen LogP contribution in [0.25, 0.3) is 10.2 Å². The van der Waals surface area contributed by atoms with Crippen molar-refractivity contribution in [2.24, 2.45) is 5.92 Å². The van der Waals surface area contributed by atoms with Crippen LogP contribution in [0.1, 0.15) is 51.0 Å². The minimum absolute atomic E-state index is 0.195. The van der Waals surface area contributed by atoms with Crippen molar-refractivity contribution < 1.29 is 14.3 Å². The molecule has 0 saturated heterocycles. The van der Waals surface area contributed by atoms with Gasteiger partial charge in [0.2, 0.25) is 0 Å². The first-order chi connectivity index (χ1) is 12.5. The Morgan fingerprint density at radius 2 is 2.08 bits per heavy atom. The van der Waals surface area contributed by atoms with Crippen LogP contribution < -0.4 is 5.32 Å². The summed E-state index contributed by atoms with van der Waals surface area (Å²) in [6, 6.07) is 8.11. The number of para-hydroxylation sites is 1. The number of benzene rings is 1. The van der Waals surface area contributed by atoms with Crippen molar-refractivity contribution in [3.05, 3.63) is 29.3 Å². The van der Waals surface area contributed by atoms with E-state index in [2.05, 4.69) is 17.2 Å². The van der Waals surface area contributed by atoms with E-state index in [1.54, 1.807) is 18.3 Å². The Bertz CT molecular complexity index is 740. The highest BCUT2D eigenvalue weighted by Crippen LogP contribution is 2.24. The molecule has 0 unspecified atom stereocenters. The number of hydrogen-bond donors (Lipinski definition) is 1. The molecule has 0 aliphatic heterocycles. The number of amides is 1. The van der Waals surface area contributed by atoms with Crippen molar-refractivity contribution in [3.8, 4) is 0 Å². The van der Waals surface area contributed by atoms with Crippen LogP contribution in [0.2, 0.25) is 0 Å². The number of rotatable bonds is 6. The smallest absolute Gasteiger partial charge is 0.306 e. The lowest BCUT2D eigenvalue weighted by Gasteiger charge is -2.30. The number of nitrogens with one attached hydrogen (secondary N) is 1. The molecule has 1 aliphatic rings. The van der Waals surface area contributed by atoms with Gasteiger partial charge in [-0.25, -0.2) is 4.98 Å². The van der Waals surface area contributed by atoms with E-state index in [9.17, 15) is 9.59 Å². The summed E-state index contributed by atoms with van der Waals surface area (Å²) in [5, 5.41) is 3.95. The standard InChI is InChI=1S/C20H26N2O3S/c1-13-7-3-4-8-15(13)22-20(24)14(2)25-19(23)12-11-18-21-16-9-5-6-10-17(16)26-18/h5-6,9-10,13-15H,3-4,7-8,11-12H2,1-2H3,(H,22,24)/t13-,14+,15+/m0/s1. The molecule has 6 heteroatoms. The molecule has 2 aromatic rings. The number of nitrogens with zero attached hydrogens (tertiary/aromatic N) is 1. The SMILES string of the molecule is C[C@@H](OC(=O)CCc1nc2ccccc2s1)C(=O)N[C@@H]1CCCC[C@@H]1C. The molecule has 5 nitrogen and oxygen atoms in total. The van der Waals surface area contributed by atoms with Gasteiger partial charge in [-0.3, -0.25) is 9.59 Å². The first-order valence-corrected chi connectivity index (χ1v) is 10.2. The van der Waals surface area contributed by atoms with Gasteiger partial charge in [-0.05, 0) is 37.8 Å². The van der Waals surface area contributed by atoms with Crippen molar-refractivity contribution in [3.63, 3.8) is 0 Å². The van der Waals surface area contributed by atoms with Gasteiger partial charge in [-0.1, -0.05) is 31.9 Å². The van der Waals surface area contributed by atoms with E-state index >= 15 is 0 Å². The quantitative estimate of drug-likeness (QED) is 0.780. The van der Waals surface area contributed by atoms with E-state index in [1.165, 1.54) is 6.42 Å². The number of thiazole rings is 1. The van der Waals surface area contributed by atoms with Gasteiger partial charge >= 0.3 is 5.97 Å². The van der Waals surface area contributed by atoms with E-state index in [4.69, 9.17) is 4.74 Å². The molecule has 1 saturated carbocycles. The molecule has 1 aliphatic carbocycles. The van der Waals surface area contributed by atoms with E-state index < -0.39 is 6.10 Å². The maximum absolute atomic E-state index is 12.3. The van der Waals surface area contributed by atoms with Crippen molar-refractivity contribution >= 4 is 33.4 Å². The van der Waals surface area contributed by atoms with E-state index in [0.29, 0.717) is 12.3 Å². The van der Waals surface area contributed by atoms with Crippen molar-refractivity contribution in [1.29, 1.82) is 0 Å². The fourth-order valence-electron chi connectivity index (χ4n) is 3.38. The Balaban J connectivity index is 1.45. The molecular weight excluding hydrogens is 348 g/mol. The molecule has 1 aromatic carbocycles. The Labute approximate surface area is 158 Å². The second-order valence-electron chi connectivity index (χ2n) is 7.08. The van der Waals surface area contributed by atoms with E-state index in [-0.39, 0.29) is 24.3 Å². The number of aromatic nitrogens is 1. The lowest BCUT2D eigenvalue weighted by molar-refractivity contribution is -0.155. The summed E-state index contributed by atoms with van der Waals surface area (Å²) in [6.07, 6.45) is 4.53. The molecule has 0 spiro atoms. The van der Waals surface area contributed by atoms with Crippen molar-refractivity contribution in [2.75, 3.05) is 0 Å². The van der Waals surface area contributed by atoms with Crippen LogP contribution in [0.15, 0.2) is 24.3 Å². The zero-order valence-electron chi connectivity index (χ0n) is 15.4. The van der Waals surface area contributed by atoms with Crippen LogP contribution in [0.4, 0.5) is 0 Å². The molecule has 3 rings (SSSR count). The van der Waals surface area contributed by atoms with E-state index in [0.717, 1.165) is 34.5 Å². The van der Waals surface area contributed by atoms with Crippen molar-refractivity contribution in [1.82, 2.24) is 10.3 Å². The monoisotopic (exact) mass is 374 g/mol. The summed E-state index contributed by atoms with van der Waals surface area (Å²) < 4.78 is 6.43. The highest BCUT2D eigenvalue weighted by atomic mass is 32.1. The van der Waals surface area contributed by atoms with Gasteiger partial charge < -0.3 is 10.1 Å². The number of carbonyl (C=O) groups excluding carboxylic acids is 2. The average Bonchev–Trinajstić information content (AvgIpc) is 3.05. The van der Waals surface area contributed by atoms with Gasteiger partial charge in [0.15, 0.2) is 6.10 Å². The summed E-state index contributed by atoms with van der Waals surface area (Å²) in [7, 11) is 0. The maximum Gasteiger partial charge on any atom is 0.306 e. The molecule has 1 aromatic heterocycles. The molecule has 140 valence electrons. The third-order valence-electron chi connectivity index (χ3n) is 5.00. The first-order valence-electron chi connectivity index (χ1n) is 9.37. The Morgan fingerprint density at radius 3 is 2.85 bits per heavy atom. The molecular formula is C20H26N2O3S. The Kier molecular flexibility index (Phi) is 6.25. The summed E-state index contributed by atoms with van der Waals surface area (Å²) >= 11 is 1.59. The second kappa shape index (κ2) is 8.62. The normalized spacial score (nSPS) is 21.3. The minimum atomic E-state index is -0.757. The van der Waals surface area contributed by atoms with Crippen molar-refractivity contribution in [2.45, 2.75) is 64.5 Å². The van der Waals surface area contributed by atoms with Gasteiger partial charge in [0.1, 0.15) is 0 Å². The number of esters is 1. The second-order valence-corrected chi connectivity index (χ2v) is 8.20. The molecule has 0 bridgehead atoms. The number of aryl methyl sites for hydroxylation is 1. The van der Waals surface area contributed by atoms with Crippen LogP contribution in [0, 0.1) is 5.92 Å². The third-order valence-corrected chi connectivity index (χ3v) is 6.09. The van der Waals surface area contributed by atoms with Gasteiger partial charge in [-0.2, -0.15) is 0 Å². The summed E-state index contributed by atoms with van der Waals surface area (Å²) in [4.78, 5) is 28.9. The number of carbonyl (C=O) groups is 2. The molecule has 1 heterocycles. The molecule has 0 radical (unpaired) electrons. The lowest BCUT2D eigenvalue weighted by Crippen LogP contribution is -2.46. The molecule has 1 N–H and O–H groups in total. The molecule has 1 amide bonds. The number of ether oxygens (including phenoxy) is 1. The molecule has 3 atom stereocenters. The highest BCUT2D eigenvalue weighted by Gasteiger charge is 2.26. The first kappa shape index (κ1) is 18.8. The largest absolute Gasteiger partial charge is 0.453 e. The topological polar surface area (TPSA) is 68.3 Å². The average molecular weight is 375 g/mol. The Hall–Kier alpha value is -1.95. The summed E-state index contributed by atoms with van der Waals surface area (Å²) in [5.41, 5.74) is 0.954. The van der Waals surface area contributed by atoms with Crippen LogP contribution in [0.3, 0.4) is 0 Å². The lowest BCUT2D eigenvalue weighted by atomic mass is 9.86.